The fourth-order valence-corrected chi connectivity index (χ4v) is 3.78. The lowest BCUT2D eigenvalue weighted by Gasteiger charge is -2.16. The van der Waals surface area contributed by atoms with Gasteiger partial charge in [0.1, 0.15) is 11.5 Å². The van der Waals surface area contributed by atoms with Gasteiger partial charge in [0, 0.05) is 19.2 Å². The third-order valence-electron chi connectivity index (χ3n) is 3.45. The number of carboxylic acids is 1. The van der Waals surface area contributed by atoms with Crippen LogP contribution >= 0.6 is 11.6 Å². The van der Waals surface area contributed by atoms with E-state index in [1.165, 1.54) is 44.6 Å². The molecule has 0 aliphatic heterocycles. The molecule has 0 fully saturated rings. The quantitative estimate of drug-likeness (QED) is 0.605. The van der Waals surface area contributed by atoms with Crippen LogP contribution in [-0.4, -0.2) is 46.9 Å². The Morgan fingerprint density at radius 2 is 1.85 bits per heavy atom. The summed E-state index contributed by atoms with van der Waals surface area (Å²) in [7, 11) is -1.29. The zero-order valence-electron chi connectivity index (χ0n) is 14.6. The number of hydrogen-bond donors (Lipinski definition) is 2. The van der Waals surface area contributed by atoms with Crippen LogP contribution in [0.25, 0.3) is 0 Å². The number of sulfonamides is 1. The summed E-state index contributed by atoms with van der Waals surface area (Å²) in [5.74, 6) is -1.03. The number of nitrogens with one attached hydrogen (secondary N) is 1. The zero-order chi connectivity index (χ0) is 20.0. The molecule has 146 valence electrons. The van der Waals surface area contributed by atoms with E-state index in [1.807, 2.05) is 0 Å². The Balaban J connectivity index is 2.48. The Morgan fingerprint density at radius 1 is 1.15 bits per heavy atom. The second-order valence-electron chi connectivity index (χ2n) is 5.23. The molecule has 0 spiro atoms. The van der Waals surface area contributed by atoms with Crippen LogP contribution in [0.1, 0.15) is 10.4 Å². The predicted molar refractivity (Wildman–Crippen MR) is 99.6 cm³/mol. The van der Waals surface area contributed by atoms with Crippen molar-refractivity contribution in [3.05, 3.63) is 47.0 Å². The van der Waals surface area contributed by atoms with E-state index < -0.39 is 16.0 Å². The summed E-state index contributed by atoms with van der Waals surface area (Å²) in [4.78, 5) is 11.4. The summed E-state index contributed by atoms with van der Waals surface area (Å²) in [5, 5.41) is 9.44. The number of benzene rings is 2. The number of aromatic carboxylic acids is 1. The van der Waals surface area contributed by atoms with Crippen LogP contribution < -0.4 is 14.2 Å². The predicted octanol–water partition coefficient (Wildman–Crippen LogP) is 2.87. The van der Waals surface area contributed by atoms with Crippen molar-refractivity contribution in [2.75, 3.05) is 32.2 Å². The first kappa shape index (κ1) is 20.8. The highest BCUT2D eigenvalue weighted by Gasteiger charge is 2.23. The van der Waals surface area contributed by atoms with Crippen molar-refractivity contribution in [2.24, 2.45) is 0 Å². The highest BCUT2D eigenvalue weighted by Crippen LogP contribution is 2.35. The Hall–Kier alpha value is -2.49. The van der Waals surface area contributed by atoms with Crippen molar-refractivity contribution < 1.29 is 32.5 Å². The van der Waals surface area contributed by atoms with Gasteiger partial charge >= 0.3 is 5.97 Å². The van der Waals surface area contributed by atoms with Crippen molar-refractivity contribution in [3.63, 3.8) is 0 Å². The Kier molecular flexibility index (Phi) is 6.89. The number of carboxylic acid groups (broad SMARTS) is 1. The lowest BCUT2D eigenvalue weighted by Crippen LogP contribution is -2.16. The maximum atomic E-state index is 12.6. The van der Waals surface area contributed by atoms with Crippen molar-refractivity contribution >= 4 is 33.3 Å². The molecule has 0 amide bonds. The van der Waals surface area contributed by atoms with Crippen molar-refractivity contribution in [3.8, 4) is 11.5 Å². The van der Waals surface area contributed by atoms with Crippen LogP contribution in [0.15, 0.2) is 41.3 Å². The molecule has 2 aromatic rings. The molecule has 0 radical (unpaired) electrons. The van der Waals surface area contributed by atoms with Crippen LogP contribution in [0, 0.1) is 0 Å². The van der Waals surface area contributed by atoms with Gasteiger partial charge in [-0.05, 0) is 12.1 Å². The fraction of sp³-hybridized carbons (Fsp3) is 0.235. The normalized spacial score (nSPS) is 11.1. The maximum Gasteiger partial charge on any atom is 0.337 e. The third-order valence-corrected chi connectivity index (χ3v) is 5.32. The van der Waals surface area contributed by atoms with Crippen molar-refractivity contribution in [1.29, 1.82) is 0 Å². The number of hydrogen-bond acceptors (Lipinski definition) is 6. The van der Waals surface area contributed by atoms with E-state index in [0.29, 0.717) is 0 Å². The van der Waals surface area contributed by atoms with Crippen molar-refractivity contribution in [2.45, 2.75) is 4.90 Å². The molecule has 0 bridgehead atoms. The molecule has 2 aromatic carbocycles. The lowest BCUT2D eigenvalue weighted by atomic mass is 10.1. The second kappa shape index (κ2) is 8.94. The second-order valence-corrected chi connectivity index (χ2v) is 7.29. The number of halogens is 1. The number of ether oxygens (including phenoxy) is 3. The average molecular weight is 416 g/mol. The minimum absolute atomic E-state index is 0.00644. The monoisotopic (exact) mass is 415 g/mol. The molecule has 0 heterocycles. The molecule has 0 atom stereocenters. The van der Waals surface area contributed by atoms with Gasteiger partial charge in [-0.1, -0.05) is 23.7 Å². The first-order valence-corrected chi connectivity index (χ1v) is 9.50. The van der Waals surface area contributed by atoms with E-state index in [2.05, 4.69) is 4.72 Å². The topological polar surface area (TPSA) is 111 Å². The van der Waals surface area contributed by atoms with E-state index in [-0.39, 0.29) is 45.9 Å². The van der Waals surface area contributed by atoms with Gasteiger partial charge in [-0.15, -0.1) is 0 Å². The molecule has 0 aliphatic carbocycles. The highest BCUT2D eigenvalue weighted by atomic mass is 35.5. The third kappa shape index (κ3) is 5.03. The number of anilines is 1. The molecule has 27 heavy (non-hydrogen) atoms. The number of methoxy groups -OCH3 is 2. The summed E-state index contributed by atoms with van der Waals surface area (Å²) in [6.45, 7) is 0.445. The van der Waals surface area contributed by atoms with Crippen LogP contribution in [0.4, 0.5) is 5.69 Å². The molecule has 8 nitrogen and oxygen atoms in total. The van der Waals surface area contributed by atoms with Crippen LogP contribution in [0.2, 0.25) is 5.02 Å². The Bertz CT molecular complexity index is 931. The van der Waals surface area contributed by atoms with Gasteiger partial charge in [0.2, 0.25) is 0 Å². The molecule has 0 aromatic heterocycles. The molecule has 10 heteroatoms. The van der Waals surface area contributed by atoms with Gasteiger partial charge in [0.25, 0.3) is 10.0 Å². The largest absolute Gasteiger partial charge is 0.493 e. The smallest absolute Gasteiger partial charge is 0.337 e. The van der Waals surface area contributed by atoms with Crippen LogP contribution in [-0.2, 0) is 14.8 Å². The van der Waals surface area contributed by atoms with E-state index in [0.717, 1.165) is 0 Å². The summed E-state index contributed by atoms with van der Waals surface area (Å²) in [6, 6.07) is 8.23. The minimum atomic E-state index is -4.13. The molecule has 0 unspecified atom stereocenters. The van der Waals surface area contributed by atoms with Gasteiger partial charge in [-0.25, -0.2) is 13.2 Å². The lowest BCUT2D eigenvalue weighted by molar-refractivity contribution is 0.0697. The van der Waals surface area contributed by atoms with Crippen LogP contribution in [0.5, 0.6) is 11.5 Å². The summed E-state index contributed by atoms with van der Waals surface area (Å²) in [6.07, 6.45) is 0. The summed E-state index contributed by atoms with van der Waals surface area (Å²) >= 11 is 5.95. The van der Waals surface area contributed by atoms with Gasteiger partial charge in [-0.3, -0.25) is 4.72 Å². The summed E-state index contributed by atoms with van der Waals surface area (Å²) in [5.41, 5.74) is -0.489. The Morgan fingerprint density at radius 3 is 2.44 bits per heavy atom. The van der Waals surface area contributed by atoms with E-state index >= 15 is 0 Å². The van der Waals surface area contributed by atoms with Gasteiger partial charge in [0.15, 0.2) is 11.5 Å². The molecule has 2 rings (SSSR count). The molecular formula is C17H18ClNO7S. The zero-order valence-corrected chi connectivity index (χ0v) is 16.1. The van der Waals surface area contributed by atoms with E-state index in [1.54, 1.807) is 6.07 Å². The first-order chi connectivity index (χ1) is 12.8. The molecule has 0 aliphatic rings. The van der Waals surface area contributed by atoms with E-state index in [9.17, 15) is 18.3 Å². The van der Waals surface area contributed by atoms with Crippen molar-refractivity contribution in [1.82, 2.24) is 0 Å². The highest BCUT2D eigenvalue weighted by molar-refractivity contribution is 7.92. The van der Waals surface area contributed by atoms with E-state index in [4.69, 9.17) is 25.8 Å². The molecule has 0 saturated carbocycles. The van der Waals surface area contributed by atoms with Gasteiger partial charge < -0.3 is 19.3 Å². The Labute approximate surface area is 161 Å². The maximum absolute atomic E-state index is 12.6. The van der Waals surface area contributed by atoms with Crippen LogP contribution in [0.3, 0.4) is 0 Å². The molecule has 2 N–H and O–H groups in total. The minimum Gasteiger partial charge on any atom is -0.493 e. The fourth-order valence-electron chi connectivity index (χ4n) is 2.19. The SMILES string of the molecule is COCCOc1cc(NS(=O)(=O)c2ccccc2Cl)c(C(=O)O)cc1OC. The van der Waals surface area contributed by atoms with Gasteiger partial charge in [0.05, 0.1) is 30.0 Å². The molecular weight excluding hydrogens is 398 g/mol. The number of rotatable bonds is 9. The summed E-state index contributed by atoms with van der Waals surface area (Å²) < 4.78 is 43.0. The van der Waals surface area contributed by atoms with Gasteiger partial charge in [-0.2, -0.15) is 0 Å². The first-order valence-electron chi connectivity index (χ1n) is 7.64. The molecule has 0 saturated heterocycles. The number of carbonyl (C=O) groups is 1. The average Bonchev–Trinajstić information content (AvgIpc) is 2.61. The standard InChI is InChI=1S/C17H18ClNO7S/c1-24-7-8-26-15-10-13(11(17(20)21)9-14(15)25-2)19-27(22,23)16-6-4-3-5-12(16)18/h3-6,9-10,19H,7-8H2,1-2H3,(H,20,21).